The number of ether oxygens (including phenoxy) is 1. The highest BCUT2D eigenvalue weighted by atomic mass is 16.5. The van der Waals surface area contributed by atoms with Crippen LogP contribution in [0.5, 0.6) is 5.75 Å². The third-order valence-electron chi connectivity index (χ3n) is 3.19. The van der Waals surface area contributed by atoms with Crippen LogP contribution in [0.4, 0.5) is 0 Å². The molecule has 0 bridgehead atoms. The largest absolute Gasteiger partial charge is 0.481 e. The number of aryl methyl sites for hydroxylation is 2. The lowest BCUT2D eigenvalue weighted by molar-refractivity contribution is -0.139. The molecule has 0 heterocycles. The molecular formula is C16H22N2O5. The minimum atomic E-state index is -1.06. The van der Waals surface area contributed by atoms with Gasteiger partial charge in [0, 0.05) is 32.6 Å². The summed E-state index contributed by atoms with van der Waals surface area (Å²) in [6, 6.07) is 3.26. The van der Waals surface area contributed by atoms with E-state index in [1.165, 1.54) is 4.90 Å². The van der Waals surface area contributed by atoms with Crippen LogP contribution in [0.15, 0.2) is 12.1 Å². The number of carboxylic acid groups (broad SMARTS) is 1. The second kappa shape index (κ2) is 8.17. The lowest BCUT2D eigenvalue weighted by Gasteiger charge is -2.13. The van der Waals surface area contributed by atoms with Crippen molar-refractivity contribution in [2.75, 3.05) is 27.2 Å². The highest BCUT2D eigenvalue weighted by Crippen LogP contribution is 2.24. The van der Waals surface area contributed by atoms with Crippen molar-refractivity contribution in [1.82, 2.24) is 10.2 Å². The van der Waals surface area contributed by atoms with Gasteiger partial charge in [-0.2, -0.15) is 0 Å². The van der Waals surface area contributed by atoms with Crippen LogP contribution in [0.1, 0.15) is 27.9 Å². The van der Waals surface area contributed by atoms with Crippen molar-refractivity contribution in [2.45, 2.75) is 20.3 Å². The van der Waals surface area contributed by atoms with Crippen molar-refractivity contribution in [3.05, 3.63) is 28.8 Å². The van der Waals surface area contributed by atoms with Gasteiger partial charge in [0.2, 0.25) is 5.91 Å². The van der Waals surface area contributed by atoms with Gasteiger partial charge in [0.15, 0.2) is 6.61 Å². The van der Waals surface area contributed by atoms with E-state index in [1.54, 1.807) is 40.1 Å². The molecule has 126 valence electrons. The van der Waals surface area contributed by atoms with Crippen molar-refractivity contribution in [1.29, 1.82) is 0 Å². The summed E-state index contributed by atoms with van der Waals surface area (Å²) in [5, 5.41) is 11.3. The Hall–Kier alpha value is -2.57. The summed E-state index contributed by atoms with van der Waals surface area (Å²) in [4.78, 5) is 35.6. The number of rotatable bonds is 7. The van der Waals surface area contributed by atoms with Gasteiger partial charge < -0.3 is 20.1 Å². The molecule has 0 saturated carbocycles. The van der Waals surface area contributed by atoms with Crippen LogP contribution in [0.2, 0.25) is 0 Å². The number of hydrogen-bond acceptors (Lipinski definition) is 4. The van der Waals surface area contributed by atoms with Gasteiger partial charge >= 0.3 is 5.97 Å². The lowest BCUT2D eigenvalue weighted by Crippen LogP contribution is -2.30. The zero-order valence-corrected chi connectivity index (χ0v) is 13.8. The topological polar surface area (TPSA) is 95.9 Å². The van der Waals surface area contributed by atoms with E-state index in [0.717, 1.165) is 0 Å². The van der Waals surface area contributed by atoms with E-state index in [9.17, 15) is 14.4 Å². The van der Waals surface area contributed by atoms with E-state index in [-0.39, 0.29) is 24.8 Å². The standard InChI is InChI=1S/C16H22N2O5/c1-10-7-12(8-11(2)15(10)23-9-14(20)21)16(22)17-6-5-13(19)18(3)4/h7-8H,5-6,9H2,1-4H3,(H,17,22)(H,20,21). The summed E-state index contributed by atoms with van der Waals surface area (Å²) < 4.78 is 5.22. The Bertz CT molecular complexity index is 587. The number of hydrogen-bond donors (Lipinski definition) is 2. The number of carbonyl (C=O) groups excluding carboxylic acids is 2. The highest BCUT2D eigenvalue weighted by molar-refractivity contribution is 5.95. The molecule has 1 aromatic carbocycles. The van der Waals surface area contributed by atoms with E-state index in [2.05, 4.69) is 5.32 Å². The molecule has 2 N–H and O–H groups in total. The van der Waals surface area contributed by atoms with Crippen LogP contribution >= 0.6 is 0 Å². The molecule has 0 aliphatic heterocycles. The number of nitrogens with one attached hydrogen (secondary N) is 1. The van der Waals surface area contributed by atoms with Gasteiger partial charge in [-0.25, -0.2) is 4.79 Å². The smallest absolute Gasteiger partial charge is 0.341 e. The number of carboxylic acids is 1. The molecule has 0 radical (unpaired) electrons. The van der Waals surface area contributed by atoms with E-state index in [1.807, 2.05) is 0 Å². The van der Waals surface area contributed by atoms with Crippen LogP contribution in [-0.2, 0) is 9.59 Å². The quantitative estimate of drug-likeness (QED) is 0.780. The van der Waals surface area contributed by atoms with Crippen molar-refractivity contribution < 1.29 is 24.2 Å². The summed E-state index contributed by atoms with van der Waals surface area (Å²) in [7, 11) is 3.32. The lowest BCUT2D eigenvalue weighted by atomic mass is 10.1. The molecule has 0 unspecified atom stereocenters. The molecule has 1 rings (SSSR count). The molecule has 0 spiro atoms. The molecular weight excluding hydrogens is 300 g/mol. The number of aliphatic carboxylic acids is 1. The van der Waals surface area contributed by atoms with Crippen molar-refractivity contribution >= 4 is 17.8 Å². The third-order valence-corrected chi connectivity index (χ3v) is 3.19. The first-order chi connectivity index (χ1) is 10.7. The van der Waals surface area contributed by atoms with Crippen molar-refractivity contribution in [3.63, 3.8) is 0 Å². The van der Waals surface area contributed by atoms with Gasteiger partial charge in [0.1, 0.15) is 5.75 Å². The van der Waals surface area contributed by atoms with E-state index < -0.39 is 12.6 Å². The van der Waals surface area contributed by atoms with Gasteiger partial charge in [-0.1, -0.05) is 0 Å². The van der Waals surface area contributed by atoms with Crippen molar-refractivity contribution in [3.8, 4) is 5.75 Å². The maximum Gasteiger partial charge on any atom is 0.341 e. The molecule has 0 aliphatic carbocycles. The first kappa shape index (κ1) is 18.5. The average molecular weight is 322 g/mol. The van der Waals surface area contributed by atoms with Gasteiger partial charge in [-0.05, 0) is 37.1 Å². The van der Waals surface area contributed by atoms with E-state index in [0.29, 0.717) is 22.4 Å². The normalized spacial score (nSPS) is 10.1. The predicted molar refractivity (Wildman–Crippen MR) is 84.7 cm³/mol. The van der Waals surface area contributed by atoms with Gasteiger partial charge in [0.25, 0.3) is 5.91 Å². The fourth-order valence-electron chi connectivity index (χ4n) is 2.05. The minimum absolute atomic E-state index is 0.0601. The van der Waals surface area contributed by atoms with Crippen LogP contribution in [0, 0.1) is 13.8 Å². The Morgan fingerprint density at radius 1 is 1.17 bits per heavy atom. The molecule has 0 fully saturated rings. The summed E-state index contributed by atoms with van der Waals surface area (Å²) in [5.74, 6) is -0.939. The monoisotopic (exact) mass is 322 g/mol. The second-order valence-corrected chi connectivity index (χ2v) is 5.42. The predicted octanol–water partition coefficient (Wildman–Crippen LogP) is 0.975. The third kappa shape index (κ3) is 5.61. The van der Waals surface area contributed by atoms with E-state index >= 15 is 0 Å². The Balaban J connectivity index is 2.72. The maximum atomic E-state index is 12.1. The molecule has 7 heteroatoms. The number of benzene rings is 1. The number of carbonyl (C=O) groups is 3. The van der Waals surface area contributed by atoms with Gasteiger partial charge in [0.05, 0.1) is 0 Å². The fourth-order valence-corrected chi connectivity index (χ4v) is 2.05. The molecule has 23 heavy (non-hydrogen) atoms. The molecule has 0 aromatic heterocycles. The van der Waals surface area contributed by atoms with E-state index in [4.69, 9.17) is 9.84 Å². The molecule has 2 amide bonds. The summed E-state index contributed by atoms with van der Waals surface area (Å²) in [6.07, 6.45) is 0.233. The summed E-state index contributed by atoms with van der Waals surface area (Å²) in [5.41, 5.74) is 1.81. The Labute approximate surface area is 135 Å². The minimum Gasteiger partial charge on any atom is -0.481 e. The number of nitrogens with zero attached hydrogens (tertiary/aromatic N) is 1. The zero-order chi connectivity index (χ0) is 17.6. The average Bonchev–Trinajstić information content (AvgIpc) is 2.45. The zero-order valence-electron chi connectivity index (χ0n) is 13.8. The van der Waals surface area contributed by atoms with Crippen LogP contribution in [0.3, 0.4) is 0 Å². The Morgan fingerprint density at radius 3 is 2.22 bits per heavy atom. The number of amides is 2. The Morgan fingerprint density at radius 2 is 1.74 bits per heavy atom. The maximum absolute atomic E-state index is 12.1. The molecule has 0 atom stereocenters. The van der Waals surface area contributed by atoms with Crippen LogP contribution in [0.25, 0.3) is 0 Å². The highest BCUT2D eigenvalue weighted by Gasteiger charge is 2.13. The van der Waals surface area contributed by atoms with Crippen LogP contribution in [-0.4, -0.2) is 55.0 Å². The summed E-state index contributed by atoms with van der Waals surface area (Å²) in [6.45, 7) is 3.32. The first-order valence-electron chi connectivity index (χ1n) is 7.16. The second-order valence-electron chi connectivity index (χ2n) is 5.42. The van der Waals surface area contributed by atoms with Gasteiger partial charge in [-0.3, -0.25) is 9.59 Å². The van der Waals surface area contributed by atoms with Gasteiger partial charge in [-0.15, -0.1) is 0 Å². The first-order valence-corrected chi connectivity index (χ1v) is 7.16. The molecule has 7 nitrogen and oxygen atoms in total. The summed E-state index contributed by atoms with van der Waals surface area (Å²) >= 11 is 0. The molecule has 1 aromatic rings. The Kier molecular flexibility index (Phi) is 6.56. The SMILES string of the molecule is Cc1cc(C(=O)NCCC(=O)N(C)C)cc(C)c1OCC(=O)O. The molecule has 0 aliphatic rings. The van der Waals surface area contributed by atoms with Crippen LogP contribution < -0.4 is 10.1 Å². The fraction of sp³-hybridized carbons (Fsp3) is 0.438. The molecule has 0 saturated heterocycles. The van der Waals surface area contributed by atoms with Crippen molar-refractivity contribution in [2.24, 2.45) is 0 Å².